The highest BCUT2D eigenvalue weighted by molar-refractivity contribution is 5.52. The van der Waals surface area contributed by atoms with Gasteiger partial charge in [-0.15, -0.1) is 0 Å². The number of rotatable bonds is 4. The van der Waals surface area contributed by atoms with E-state index in [0.29, 0.717) is 5.56 Å². The van der Waals surface area contributed by atoms with Gasteiger partial charge in [-0.1, -0.05) is 6.07 Å². The van der Waals surface area contributed by atoms with Crippen LogP contribution in [0.15, 0.2) is 18.2 Å². The second-order valence-corrected chi connectivity index (χ2v) is 2.84. The van der Waals surface area contributed by atoms with Crippen molar-refractivity contribution in [3.8, 4) is 5.75 Å². The van der Waals surface area contributed by atoms with Crippen LogP contribution >= 0.6 is 0 Å². The lowest BCUT2D eigenvalue weighted by atomic mass is 10.2. The van der Waals surface area contributed by atoms with E-state index in [2.05, 4.69) is 0 Å². The van der Waals surface area contributed by atoms with Gasteiger partial charge in [-0.05, 0) is 17.7 Å². The highest BCUT2D eigenvalue weighted by atomic mass is 16.6. The first kappa shape index (κ1) is 10.8. The molecule has 0 saturated heterocycles. The average molecular weight is 199 g/mol. The molecule has 1 rings (SSSR count). The van der Waals surface area contributed by atoms with Crippen LogP contribution < -0.4 is 5.73 Å². The Balaban J connectivity index is 2.55. The molecule has 5 N–H and O–H groups in total. The molecule has 1 aromatic carbocycles. The minimum absolute atomic E-state index is 0.0235. The highest BCUT2D eigenvalue weighted by Crippen LogP contribution is 2.21. The van der Waals surface area contributed by atoms with Crippen molar-refractivity contribution in [3.63, 3.8) is 0 Å². The molecule has 1 unspecified atom stereocenters. The summed E-state index contributed by atoms with van der Waals surface area (Å²) in [5.41, 5.74) is 6.35. The van der Waals surface area contributed by atoms with Gasteiger partial charge >= 0.3 is 0 Å². The van der Waals surface area contributed by atoms with Crippen molar-refractivity contribution in [1.29, 1.82) is 0 Å². The largest absolute Gasteiger partial charge is 0.506 e. The van der Waals surface area contributed by atoms with Crippen LogP contribution in [0.1, 0.15) is 5.56 Å². The zero-order valence-electron chi connectivity index (χ0n) is 7.55. The fourth-order valence-corrected chi connectivity index (χ4v) is 0.924. The monoisotopic (exact) mass is 199 g/mol. The Morgan fingerprint density at radius 3 is 2.71 bits per heavy atom. The van der Waals surface area contributed by atoms with Gasteiger partial charge in [0.1, 0.15) is 5.75 Å². The first-order valence-electron chi connectivity index (χ1n) is 4.11. The summed E-state index contributed by atoms with van der Waals surface area (Å²) in [4.78, 5) is 0. The lowest BCUT2D eigenvalue weighted by Gasteiger charge is -2.09. The lowest BCUT2D eigenvalue weighted by molar-refractivity contribution is -0.132. The molecule has 0 aromatic heterocycles. The summed E-state index contributed by atoms with van der Waals surface area (Å²) in [5.74, 6) is -0.0235. The standard InChI is InChI=1S/C9H13NO4/c10-7-2-1-6(3-8(7)12)5-14-9(13)4-11/h1-3,9,11-13H,4-5,10H2. The summed E-state index contributed by atoms with van der Waals surface area (Å²) in [6, 6.07) is 4.65. The van der Waals surface area contributed by atoms with Crippen LogP contribution in [0.3, 0.4) is 0 Å². The Labute approximate surface area is 81.4 Å². The minimum Gasteiger partial charge on any atom is -0.506 e. The van der Waals surface area contributed by atoms with Gasteiger partial charge in [0.2, 0.25) is 0 Å². The van der Waals surface area contributed by atoms with Crippen molar-refractivity contribution in [1.82, 2.24) is 0 Å². The molecule has 0 bridgehead atoms. The smallest absolute Gasteiger partial charge is 0.178 e. The number of anilines is 1. The van der Waals surface area contributed by atoms with E-state index < -0.39 is 12.9 Å². The number of benzene rings is 1. The van der Waals surface area contributed by atoms with E-state index in [0.717, 1.165) is 0 Å². The Hall–Kier alpha value is -1.30. The molecule has 0 amide bonds. The summed E-state index contributed by atoms with van der Waals surface area (Å²) in [6.07, 6.45) is -1.20. The number of aliphatic hydroxyl groups excluding tert-OH is 2. The van der Waals surface area contributed by atoms with Gasteiger partial charge in [0.25, 0.3) is 0 Å². The number of hydrogen-bond acceptors (Lipinski definition) is 5. The molecular weight excluding hydrogens is 186 g/mol. The van der Waals surface area contributed by atoms with Gasteiger partial charge < -0.3 is 25.8 Å². The van der Waals surface area contributed by atoms with E-state index in [1.54, 1.807) is 12.1 Å². The number of nitrogens with two attached hydrogens (primary N) is 1. The topological polar surface area (TPSA) is 95.9 Å². The molecular formula is C9H13NO4. The predicted octanol–water partition coefficient (Wildman–Crippen LogP) is -0.198. The van der Waals surface area contributed by atoms with E-state index in [4.69, 9.17) is 20.7 Å². The molecule has 0 radical (unpaired) electrons. The van der Waals surface area contributed by atoms with Crippen molar-refractivity contribution in [2.45, 2.75) is 12.9 Å². The third-order valence-electron chi connectivity index (χ3n) is 1.69. The van der Waals surface area contributed by atoms with Gasteiger partial charge in [-0.25, -0.2) is 0 Å². The molecule has 0 fully saturated rings. The van der Waals surface area contributed by atoms with Crippen LogP contribution in [-0.2, 0) is 11.3 Å². The number of aromatic hydroxyl groups is 1. The normalized spacial score (nSPS) is 12.7. The average Bonchev–Trinajstić information content (AvgIpc) is 2.19. The molecule has 1 aromatic rings. The molecule has 0 aliphatic rings. The first-order chi connectivity index (χ1) is 6.63. The molecule has 0 aliphatic carbocycles. The zero-order valence-corrected chi connectivity index (χ0v) is 7.55. The Morgan fingerprint density at radius 1 is 1.43 bits per heavy atom. The molecule has 0 saturated carbocycles. The van der Waals surface area contributed by atoms with E-state index in [-0.39, 0.29) is 18.0 Å². The number of phenolic OH excluding ortho intramolecular Hbond substituents is 1. The number of ether oxygens (including phenoxy) is 1. The highest BCUT2D eigenvalue weighted by Gasteiger charge is 2.03. The van der Waals surface area contributed by atoms with Gasteiger partial charge in [0.05, 0.1) is 18.9 Å². The fourth-order valence-electron chi connectivity index (χ4n) is 0.924. The molecule has 1 atom stereocenters. The predicted molar refractivity (Wildman–Crippen MR) is 50.4 cm³/mol. The molecule has 0 heterocycles. The molecule has 0 aliphatic heterocycles. The molecule has 0 spiro atoms. The molecule has 78 valence electrons. The first-order valence-corrected chi connectivity index (χ1v) is 4.11. The van der Waals surface area contributed by atoms with Crippen LogP contribution in [0.4, 0.5) is 5.69 Å². The van der Waals surface area contributed by atoms with Crippen LogP contribution in [0.25, 0.3) is 0 Å². The van der Waals surface area contributed by atoms with Crippen LogP contribution in [-0.4, -0.2) is 28.2 Å². The van der Waals surface area contributed by atoms with Gasteiger partial charge in [-0.3, -0.25) is 0 Å². The molecule has 5 nitrogen and oxygen atoms in total. The van der Waals surface area contributed by atoms with Crippen LogP contribution in [0.5, 0.6) is 5.75 Å². The van der Waals surface area contributed by atoms with E-state index in [1.165, 1.54) is 6.07 Å². The summed E-state index contributed by atoms with van der Waals surface area (Å²) in [7, 11) is 0. The van der Waals surface area contributed by atoms with Gasteiger partial charge in [0.15, 0.2) is 6.29 Å². The number of phenols is 1. The van der Waals surface area contributed by atoms with Gasteiger partial charge in [0, 0.05) is 0 Å². The second-order valence-electron chi connectivity index (χ2n) is 2.84. The SMILES string of the molecule is Nc1ccc(COC(O)CO)cc1O. The minimum atomic E-state index is -1.20. The lowest BCUT2D eigenvalue weighted by Crippen LogP contribution is -2.16. The Bertz CT molecular complexity index is 303. The van der Waals surface area contributed by atoms with Crippen LogP contribution in [0.2, 0.25) is 0 Å². The maximum atomic E-state index is 9.23. The second kappa shape index (κ2) is 4.80. The molecule has 14 heavy (non-hydrogen) atoms. The summed E-state index contributed by atoms with van der Waals surface area (Å²) in [5, 5.41) is 26.6. The van der Waals surface area contributed by atoms with Crippen LogP contribution in [0, 0.1) is 0 Å². The van der Waals surface area contributed by atoms with Crippen molar-refractivity contribution in [2.75, 3.05) is 12.3 Å². The number of nitrogen functional groups attached to an aromatic ring is 1. The maximum Gasteiger partial charge on any atom is 0.178 e. The third kappa shape index (κ3) is 2.88. The van der Waals surface area contributed by atoms with E-state index in [9.17, 15) is 5.11 Å². The quantitative estimate of drug-likeness (QED) is 0.306. The van der Waals surface area contributed by atoms with Crippen molar-refractivity contribution >= 4 is 5.69 Å². The molecule has 5 heteroatoms. The summed E-state index contributed by atoms with van der Waals surface area (Å²) >= 11 is 0. The van der Waals surface area contributed by atoms with E-state index >= 15 is 0 Å². The Kier molecular flexibility index (Phi) is 3.70. The van der Waals surface area contributed by atoms with Crippen molar-refractivity contribution in [3.05, 3.63) is 23.8 Å². The van der Waals surface area contributed by atoms with Crippen molar-refractivity contribution in [2.24, 2.45) is 0 Å². The number of aliphatic hydroxyl groups is 2. The fraction of sp³-hybridized carbons (Fsp3) is 0.333. The third-order valence-corrected chi connectivity index (χ3v) is 1.69. The number of hydrogen-bond donors (Lipinski definition) is 4. The summed E-state index contributed by atoms with van der Waals surface area (Å²) < 4.78 is 4.83. The Morgan fingerprint density at radius 2 is 2.14 bits per heavy atom. The maximum absolute atomic E-state index is 9.23. The van der Waals surface area contributed by atoms with Gasteiger partial charge in [-0.2, -0.15) is 0 Å². The summed E-state index contributed by atoms with van der Waals surface area (Å²) in [6.45, 7) is -0.351. The zero-order chi connectivity index (χ0) is 10.6. The van der Waals surface area contributed by atoms with E-state index in [1.807, 2.05) is 0 Å². The van der Waals surface area contributed by atoms with Crippen molar-refractivity contribution < 1.29 is 20.1 Å².